The Balaban J connectivity index is 3.31. The Bertz CT molecular complexity index is 286. The standard InChI is InChI=1S/C6H11N2OP/c1-3-8-6(9)5(10)4(2)7-8/h7H,3,10H2,1-2H3. The highest BCUT2D eigenvalue weighted by molar-refractivity contribution is 7.27. The Morgan fingerprint density at radius 1 is 1.70 bits per heavy atom. The van der Waals surface area contributed by atoms with Gasteiger partial charge < -0.3 is 0 Å². The van der Waals surface area contributed by atoms with Crippen LogP contribution in [0.4, 0.5) is 0 Å². The van der Waals surface area contributed by atoms with E-state index in [0.717, 1.165) is 11.0 Å². The molecule has 1 N–H and O–H groups in total. The van der Waals surface area contributed by atoms with E-state index in [1.54, 1.807) is 4.68 Å². The molecule has 1 aromatic heterocycles. The van der Waals surface area contributed by atoms with Crippen molar-refractivity contribution < 1.29 is 0 Å². The summed E-state index contributed by atoms with van der Waals surface area (Å²) in [5.41, 5.74) is 0.988. The predicted octanol–water partition coefficient (Wildman–Crippen LogP) is 0.00512. The molecule has 1 rings (SSSR count). The van der Waals surface area contributed by atoms with E-state index >= 15 is 0 Å². The molecular formula is C6H11N2OP. The highest BCUT2D eigenvalue weighted by Gasteiger charge is 2.02. The minimum Gasteiger partial charge on any atom is -0.299 e. The lowest BCUT2D eigenvalue weighted by Gasteiger charge is -1.91. The van der Waals surface area contributed by atoms with E-state index in [-0.39, 0.29) is 5.56 Å². The van der Waals surface area contributed by atoms with Gasteiger partial charge >= 0.3 is 0 Å². The van der Waals surface area contributed by atoms with Gasteiger partial charge in [0.15, 0.2) is 0 Å². The molecule has 0 aliphatic heterocycles. The van der Waals surface area contributed by atoms with Crippen LogP contribution in [0.5, 0.6) is 0 Å². The van der Waals surface area contributed by atoms with E-state index in [9.17, 15) is 4.79 Å². The first-order valence-corrected chi connectivity index (χ1v) is 3.79. The van der Waals surface area contributed by atoms with Crippen LogP contribution in [0.2, 0.25) is 0 Å². The maximum absolute atomic E-state index is 11.1. The van der Waals surface area contributed by atoms with Gasteiger partial charge in [0.1, 0.15) is 0 Å². The van der Waals surface area contributed by atoms with Crippen molar-refractivity contribution in [2.24, 2.45) is 0 Å². The second kappa shape index (κ2) is 2.59. The second-order valence-electron chi connectivity index (χ2n) is 2.20. The molecule has 1 unspecified atom stereocenters. The average molecular weight is 158 g/mol. The van der Waals surface area contributed by atoms with E-state index in [0.29, 0.717) is 6.54 Å². The number of H-pyrrole nitrogens is 1. The summed E-state index contributed by atoms with van der Waals surface area (Å²) >= 11 is 0. The smallest absolute Gasteiger partial charge is 0.273 e. The zero-order valence-corrected chi connectivity index (χ0v) is 7.29. The van der Waals surface area contributed by atoms with E-state index in [2.05, 4.69) is 14.3 Å². The molecule has 10 heavy (non-hydrogen) atoms. The average Bonchev–Trinajstić information content (AvgIpc) is 2.17. The molecule has 0 aliphatic carbocycles. The van der Waals surface area contributed by atoms with Gasteiger partial charge in [0.25, 0.3) is 5.56 Å². The summed E-state index contributed by atoms with van der Waals surface area (Å²) in [4.78, 5) is 11.1. The molecule has 3 nitrogen and oxygen atoms in total. The summed E-state index contributed by atoms with van der Waals surface area (Å²) < 4.78 is 1.58. The van der Waals surface area contributed by atoms with Crippen molar-refractivity contribution in [3.63, 3.8) is 0 Å². The molecule has 0 amide bonds. The van der Waals surface area contributed by atoms with Gasteiger partial charge in [-0.15, -0.1) is 0 Å². The van der Waals surface area contributed by atoms with Gasteiger partial charge in [-0.05, 0) is 13.8 Å². The number of hydrogen-bond acceptors (Lipinski definition) is 1. The molecule has 0 fully saturated rings. The molecule has 1 atom stereocenters. The third-order valence-corrected chi connectivity index (χ3v) is 2.18. The molecule has 1 heterocycles. The van der Waals surface area contributed by atoms with Crippen LogP contribution in [-0.2, 0) is 6.54 Å². The van der Waals surface area contributed by atoms with Gasteiger partial charge in [-0.1, -0.05) is 9.24 Å². The molecule has 56 valence electrons. The van der Waals surface area contributed by atoms with Crippen molar-refractivity contribution in [3.8, 4) is 0 Å². The van der Waals surface area contributed by atoms with E-state index in [1.807, 2.05) is 13.8 Å². The van der Waals surface area contributed by atoms with Crippen molar-refractivity contribution in [2.45, 2.75) is 20.4 Å². The Hall–Kier alpha value is -0.560. The molecular weight excluding hydrogens is 147 g/mol. The summed E-state index contributed by atoms with van der Waals surface area (Å²) in [6.07, 6.45) is 0. The third-order valence-electron chi connectivity index (χ3n) is 1.50. The monoisotopic (exact) mass is 158 g/mol. The van der Waals surface area contributed by atoms with Crippen LogP contribution in [0.1, 0.15) is 12.6 Å². The van der Waals surface area contributed by atoms with Crippen LogP contribution in [0.3, 0.4) is 0 Å². The molecule has 0 spiro atoms. The summed E-state index contributed by atoms with van der Waals surface area (Å²) in [5.74, 6) is 0. The van der Waals surface area contributed by atoms with Crippen molar-refractivity contribution in [1.82, 2.24) is 9.78 Å². The third kappa shape index (κ3) is 1.01. The highest BCUT2D eigenvalue weighted by Crippen LogP contribution is 1.88. The molecule has 0 saturated carbocycles. The zero-order valence-electron chi connectivity index (χ0n) is 6.14. The lowest BCUT2D eigenvalue weighted by molar-refractivity contribution is 0.633. The Kier molecular flexibility index (Phi) is 1.95. The fraction of sp³-hybridized carbons (Fsp3) is 0.500. The van der Waals surface area contributed by atoms with Crippen molar-refractivity contribution in [1.29, 1.82) is 0 Å². The van der Waals surface area contributed by atoms with Crippen LogP contribution < -0.4 is 10.9 Å². The molecule has 0 bridgehead atoms. The number of aryl methyl sites for hydroxylation is 2. The minimum atomic E-state index is 0.0602. The topological polar surface area (TPSA) is 37.8 Å². The van der Waals surface area contributed by atoms with Crippen molar-refractivity contribution in [3.05, 3.63) is 16.0 Å². The first-order valence-electron chi connectivity index (χ1n) is 3.21. The van der Waals surface area contributed by atoms with E-state index in [1.165, 1.54) is 0 Å². The Morgan fingerprint density at radius 3 is 2.50 bits per heavy atom. The van der Waals surface area contributed by atoms with Crippen LogP contribution in [0, 0.1) is 6.92 Å². The van der Waals surface area contributed by atoms with Gasteiger partial charge in [0.05, 0.1) is 5.30 Å². The van der Waals surface area contributed by atoms with Crippen LogP contribution in [0.25, 0.3) is 0 Å². The number of hydrogen-bond donors (Lipinski definition) is 1. The summed E-state index contributed by atoms with van der Waals surface area (Å²) in [5, 5.41) is 3.68. The lowest BCUT2D eigenvalue weighted by Crippen LogP contribution is -2.23. The molecule has 4 heteroatoms. The number of aromatic nitrogens is 2. The fourth-order valence-electron chi connectivity index (χ4n) is 0.842. The summed E-state index contributed by atoms with van der Waals surface area (Å²) in [7, 11) is 2.43. The molecule has 0 saturated heterocycles. The summed E-state index contributed by atoms with van der Waals surface area (Å²) in [6.45, 7) is 4.52. The predicted molar refractivity (Wildman–Crippen MR) is 44.8 cm³/mol. The van der Waals surface area contributed by atoms with Crippen LogP contribution in [-0.4, -0.2) is 9.78 Å². The Morgan fingerprint density at radius 2 is 2.30 bits per heavy atom. The maximum Gasteiger partial charge on any atom is 0.273 e. The molecule has 0 radical (unpaired) electrons. The zero-order chi connectivity index (χ0) is 7.72. The van der Waals surface area contributed by atoms with Crippen LogP contribution in [0.15, 0.2) is 4.79 Å². The van der Waals surface area contributed by atoms with Gasteiger partial charge in [0.2, 0.25) is 0 Å². The van der Waals surface area contributed by atoms with Gasteiger partial charge in [-0.3, -0.25) is 14.6 Å². The van der Waals surface area contributed by atoms with Crippen molar-refractivity contribution >= 4 is 14.5 Å². The number of rotatable bonds is 1. The van der Waals surface area contributed by atoms with Gasteiger partial charge in [0, 0.05) is 12.2 Å². The highest BCUT2D eigenvalue weighted by atomic mass is 31.0. The second-order valence-corrected chi connectivity index (χ2v) is 2.78. The SMILES string of the molecule is CCn1[nH]c(C)c(P)c1=O. The largest absolute Gasteiger partial charge is 0.299 e. The van der Waals surface area contributed by atoms with E-state index < -0.39 is 0 Å². The first-order chi connectivity index (χ1) is 4.66. The molecule has 0 aliphatic rings. The maximum atomic E-state index is 11.1. The molecule has 1 aromatic rings. The van der Waals surface area contributed by atoms with Crippen LogP contribution >= 0.6 is 9.24 Å². The fourth-order valence-corrected chi connectivity index (χ4v) is 1.06. The first kappa shape index (κ1) is 7.55. The number of nitrogens with zero attached hydrogens (tertiary/aromatic N) is 1. The van der Waals surface area contributed by atoms with E-state index in [4.69, 9.17) is 0 Å². The quantitative estimate of drug-likeness (QED) is 0.574. The number of aromatic amines is 1. The van der Waals surface area contributed by atoms with Gasteiger partial charge in [-0.2, -0.15) is 0 Å². The number of nitrogens with one attached hydrogen (secondary N) is 1. The minimum absolute atomic E-state index is 0.0602. The summed E-state index contributed by atoms with van der Waals surface area (Å²) in [6, 6.07) is 0. The lowest BCUT2D eigenvalue weighted by atomic mass is 10.5. The van der Waals surface area contributed by atoms with Gasteiger partial charge in [-0.25, -0.2) is 0 Å². The van der Waals surface area contributed by atoms with Crippen molar-refractivity contribution in [2.75, 3.05) is 0 Å². The normalized spacial score (nSPS) is 10.3. The molecule has 0 aromatic carbocycles. The Labute approximate surface area is 61.6 Å².